The van der Waals surface area contributed by atoms with Crippen LogP contribution in [0.25, 0.3) is 10.9 Å². The van der Waals surface area contributed by atoms with E-state index in [1.165, 1.54) is 0 Å². The number of carbonyl (C=O) groups is 2. The number of benzene rings is 1. The van der Waals surface area contributed by atoms with E-state index < -0.39 is 0 Å². The van der Waals surface area contributed by atoms with Gasteiger partial charge in [0.1, 0.15) is 0 Å². The normalized spacial score (nSPS) is 17.7. The van der Waals surface area contributed by atoms with Crippen LogP contribution < -0.4 is 16.1 Å². The lowest BCUT2D eigenvalue weighted by atomic mass is 9.98. The summed E-state index contributed by atoms with van der Waals surface area (Å²) >= 11 is 0. The van der Waals surface area contributed by atoms with E-state index in [1.807, 2.05) is 12.1 Å². The maximum absolute atomic E-state index is 12.2. The molecule has 1 aromatic carbocycles. The van der Waals surface area contributed by atoms with E-state index >= 15 is 0 Å². The summed E-state index contributed by atoms with van der Waals surface area (Å²) in [5.41, 5.74) is 5.16. The van der Waals surface area contributed by atoms with Gasteiger partial charge in [0.05, 0.1) is 11.8 Å². The molecule has 128 valence electrons. The van der Waals surface area contributed by atoms with Crippen LogP contribution in [0.3, 0.4) is 0 Å². The van der Waals surface area contributed by atoms with E-state index in [0.717, 1.165) is 42.4 Å². The monoisotopic (exact) mass is 337 g/mol. The van der Waals surface area contributed by atoms with Crippen molar-refractivity contribution in [2.75, 3.05) is 18.4 Å². The Hall–Kier alpha value is -2.93. The van der Waals surface area contributed by atoms with Gasteiger partial charge < -0.3 is 15.6 Å². The molecule has 1 saturated heterocycles. The zero-order valence-electron chi connectivity index (χ0n) is 13.6. The van der Waals surface area contributed by atoms with Gasteiger partial charge in [0.25, 0.3) is 5.91 Å². The van der Waals surface area contributed by atoms with Gasteiger partial charge in [-0.3, -0.25) is 9.59 Å². The summed E-state index contributed by atoms with van der Waals surface area (Å²) in [5, 5.41) is 10.8. The van der Waals surface area contributed by atoms with Crippen molar-refractivity contribution in [3.8, 4) is 0 Å². The molecule has 1 aromatic heterocycles. The molecule has 3 heterocycles. The van der Waals surface area contributed by atoms with Gasteiger partial charge in [-0.25, -0.2) is 5.43 Å². The molecule has 1 fully saturated rings. The van der Waals surface area contributed by atoms with E-state index in [4.69, 9.17) is 0 Å². The van der Waals surface area contributed by atoms with Crippen molar-refractivity contribution in [3.05, 3.63) is 41.6 Å². The number of hydrogen-bond acceptors (Lipinski definition) is 4. The zero-order chi connectivity index (χ0) is 17.2. The smallest absolute Gasteiger partial charge is 0.272 e. The summed E-state index contributed by atoms with van der Waals surface area (Å²) in [5.74, 6) is -0.0452. The molecule has 4 N–H and O–H groups in total. The fourth-order valence-corrected chi connectivity index (χ4v) is 3.31. The van der Waals surface area contributed by atoms with Crippen molar-refractivity contribution in [1.29, 1.82) is 0 Å². The Morgan fingerprint density at radius 2 is 2.12 bits per heavy atom. The van der Waals surface area contributed by atoms with Crippen molar-refractivity contribution >= 4 is 34.6 Å². The lowest BCUT2D eigenvalue weighted by molar-refractivity contribution is -0.111. The molecule has 7 heteroatoms. The SMILES string of the molecule is O=C(C=CC1CCNCC1)Nc1cc2c3c(c[nH]c3c1)C=NNC2=O. The van der Waals surface area contributed by atoms with Crippen molar-refractivity contribution in [2.45, 2.75) is 12.8 Å². The number of amides is 2. The largest absolute Gasteiger partial charge is 0.360 e. The van der Waals surface area contributed by atoms with Gasteiger partial charge in [-0.1, -0.05) is 6.08 Å². The topological polar surface area (TPSA) is 98.4 Å². The second kappa shape index (κ2) is 6.52. The average Bonchev–Trinajstić information content (AvgIpc) is 2.95. The third-order valence-corrected chi connectivity index (χ3v) is 4.60. The first-order valence-electron chi connectivity index (χ1n) is 8.39. The molecule has 0 unspecified atom stereocenters. The average molecular weight is 337 g/mol. The number of piperidine rings is 1. The number of aromatic nitrogens is 1. The van der Waals surface area contributed by atoms with Crippen molar-refractivity contribution in [3.63, 3.8) is 0 Å². The number of nitrogens with one attached hydrogen (secondary N) is 4. The second-order valence-corrected chi connectivity index (χ2v) is 6.33. The zero-order valence-corrected chi connectivity index (χ0v) is 13.6. The van der Waals surface area contributed by atoms with Gasteiger partial charge in [-0.2, -0.15) is 5.10 Å². The van der Waals surface area contributed by atoms with Gasteiger partial charge >= 0.3 is 0 Å². The van der Waals surface area contributed by atoms with Crippen LogP contribution in [-0.4, -0.2) is 36.1 Å². The van der Waals surface area contributed by atoms with Crippen molar-refractivity contribution < 1.29 is 9.59 Å². The van der Waals surface area contributed by atoms with Crippen LogP contribution in [0.2, 0.25) is 0 Å². The van der Waals surface area contributed by atoms with Crippen molar-refractivity contribution in [2.24, 2.45) is 11.0 Å². The predicted octanol–water partition coefficient (Wildman–Crippen LogP) is 1.74. The Balaban J connectivity index is 1.56. The van der Waals surface area contributed by atoms with Crippen LogP contribution >= 0.6 is 0 Å². The summed E-state index contributed by atoms with van der Waals surface area (Å²) in [6.07, 6.45) is 9.04. The van der Waals surface area contributed by atoms with E-state index in [0.29, 0.717) is 17.2 Å². The molecule has 7 nitrogen and oxygen atoms in total. The highest BCUT2D eigenvalue weighted by Gasteiger charge is 2.18. The number of carbonyl (C=O) groups excluding carboxylic acids is 2. The number of anilines is 1. The van der Waals surface area contributed by atoms with Gasteiger partial charge in [0.15, 0.2) is 0 Å². The summed E-state index contributed by atoms with van der Waals surface area (Å²) in [4.78, 5) is 27.5. The maximum Gasteiger partial charge on any atom is 0.272 e. The molecule has 2 aliphatic rings. The quantitative estimate of drug-likeness (QED) is 0.642. The van der Waals surface area contributed by atoms with Crippen LogP contribution in [0.15, 0.2) is 35.6 Å². The first kappa shape index (κ1) is 15.6. The number of H-pyrrole nitrogens is 1. The number of rotatable bonds is 3. The van der Waals surface area contributed by atoms with E-state index in [1.54, 1.807) is 24.6 Å². The molecule has 2 aliphatic heterocycles. The molecular formula is C18H19N5O2. The van der Waals surface area contributed by atoms with Gasteiger partial charge in [-0.15, -0.1) is 0 Å². The minimum absolute atomic E-state index is 0.192. The molecule has 0 atom stereocenters. The molecule has 0 aliphatic carbocycles. The second-order valence-electron chi connectivity index (χ2n) is 6.33. The molecule has 0 spiro atoms. The molecule has 0 saturated carbocycles. The van der Waals surface area contributed by atoms with Crippen LogP contribution in [0.5, 0.6) is 0 Å². The molecule has 2 amide bonds. The minimum Gasteiger partial charge on any atom is -0.360 e. The lowest BCUT2D eigenvalue weighted by Gasteiger charge is -2.19. The number of aromatic amines is 1. The van der Waals surface area contributed by atoms with Crippen LogP contribution in [0.4, 0.5) is 5.69 Å². The van der Waals surface area contributed by atoms with Crippen LogP contribution in [0.1, 0.15) is 28.8 Å². The summed E-state index contributed by atoms with van der Waals surface area (Å²) in [7, 11) is 0. The molecule has 0 bridgehead atoms. The van der Waals surface area contributed by atoms with Gasteiger partial charge in [0.2, 0.25) is 5.91 Å². The van der Waals surface area contributed by atoms with Crippen molar-refractivity contribution in [1.82, 2.24) is 15.7 Å². The Kier molecular flexibility index (Phi) is 4.07. The standard InChI is InChI=1S/C18H19N5O2/c24-16(2-1-11-3-5-19-6-4-11)22-13-7-14-17-12(9-20-15(17)8-13)10-21-23-18(14)25/h1-2,7-11,19-20H,3-6H2,(H,22,24)(H,23,25). The summed E-state index contributed by atoms with van der Waals surface area (Å²) in [6.45, 7) is 1.98. The van der Waals surface area contributed by atoms with E-state index in [-0.39, 0.29) is 11.8 Å². The van der Waals surface area contributed by atoms with E-state index in [2.05, 4.69) is 26.1 Å². The minimum atomic E-state index is -0.291. The van der Waals surface area contributed by atoms with Crippen LogP contribution in [0, 0.1) is 5.92 Å². The molecular weight excluding hydrogens is 318 g/mol. The van der Waals surface area contributed by atoms with Gasteiger partial charge in [-0.05, 0) is 50.1 Å². The first-order chi connectivity index (χ1) is 12.2. The third-order valence-electron chi connectivity index (χ3n) is 4.60. The molecule has 2 aromatic rings. The fourth-order valence-electron chi connectivity index (χ4n) is 3.31. The fraction of sp³-hybridized carbons (Fsp3) is 0.278. The van der Waals surface area contributed by atoms with Gasteiger partial charge in [0, 0.05) is 28.4 Å². The molecule has 0 radical (unpaired) electrons. The first-order valence-corrected chi connectivity index (χ1v) is 8.39. The summed E-state index contributed by atoms with van der Waals surface area (Å²) < 4.78 is 0. The highest BCUT2D eigenvalue weighted by molar-refractivity contribution is 6.15. The number of hydrazone groups is 1. The summed E-state index contributed by atoms with van der Waals surface area (Å²) in [6, 6.07) is 3.50. The maximum atomic E-state index is 12.2. The Morgan fingerprint density at radius 1 is 1.28 bits per heavy atom. The Morgan fingerprint density at radius 3 is 2.96 bits per heavy atom. The predicted molar refractivity (Wildman–Crippen MR) is 96.7 cm³/mol. The van der Waals surface area contributed by atoms with Crippen LogP contribution in [-0.2, 0) is 4.79 Å². The number of nitrogens with zero attached hydrogens (tertiary/aromatic N) is 1. The lowest BCUT2D eigenvalue weighted by Crippen LogP contribution is -2.26. The Labute approximate surface area is 144 Å². The molecule has 25 heavy (non-hydrogen) atoms. The molecule has 4 rings (SSSR count). The number of allylic oxidation sites excluding steroid dienone is 1. The Bertz CT molecular complexity index is 890. The van der Waals surface area contributed by atoms with E-state index in [9.17, 15) is 9.59 Å². The highest BCUT2D eigenvalue weighted by atomic mass is 16.2. The third kappa shape index (κ3) is 3.18. The number of hydrogen-bond donors (Lipinski definition) is 4. The highest BCUT2D eigenvalue weighted by Crippen LogP contribution is 2.27.